The van der Waals surface area contributed by atoms with Crippen molar-refractivity contribution in [1.82, 2.24) is 15.1 Å². The van der Waals surface area contributed by atoms with Crippen LogP contribution in [0.25, 0.3) is 0 Å². The van der Waals surface area contributed by atoms with Gasteiger partial charge in [0, 0.05) is 26.7 Å². The summed E-state index contributed by atoms with van der Waals surface area (Å²) in [6.45, 7) is 6.61. The number of carbonyl (C=O) groups excluding carboxylic acids is 1. The summed E-state index contributed by atoms with van der Waals surface area (Å²) in [6.07, 6.45) is 1.25. The highest BCUT2D eigenvalue weighted by Gasteiger charge is 2.37. The van der Waals surface area contributed by atoms with Gasteiger partial charge in [0.05, 0.1) is 6.04 Å². The minimum absolute atomic E-state index is 0.0249. The zero-order chi connectivity index (χ0) is 11.7. The van der Waals surface area contributed by atoms with Crippen molar-refractivity contribution >= 4 is 5.91 Å². The molecule has 0 aliphatic carbocycles. The van der Waals surface area contributed by atoms with Gasteiger partial charge >= 0.3 is 0 Å². The first kappa shape index (κ1) is 11.9. The molecule has 2 aliphatic rings. The number of amides is 1. The second-order valence-corrected chi connectivity index (χ2v) is 5.32. The van der Waals surface area contributed by atoms with E-state index >= 15 is 0 Å². The highest BCUT2D eigenvalue weighted by molar-refractivity contribution is 5.80. The molecule has 2 aliphatic heterocycles. The van der Waals surface area contributed by atoms with Crippen LogP contribution in [0.1, 0.15) is 13.3 Å². The van der Waals surface area contributed by atoms with Gasteiger partial charge in [-0.3, -0.25) is 9.69 Å². The van der Waals surface area contributed by atoms with Gasteiger partial charge in [0.25, 0.3) is 0 Å². The summed E-state index contributed by atoms with van der Waals surface area (Å²) in [5.41, 5.74) is 0. The number of hydrogen-bond acceptors (Lipinski definition) is 3. The SMILES string of the molecule is CNC(=O)C(C)N1CCC2CN(C)CC2C1. The zero-order valence-electron chi connectivity index (χ0n) is 10.6. The normalized spacial score (nSPS) is 33.4. The van der Waals surface area contributed by atoms with Crippen LogP contribution in [-0.4, -0.2) is 62.0 Å². The fourth-order valence-electron chi connectivity index (χ4n) is 3.16. The van der Waals surface area contributed by atoms with Gasteiger partial charge in [0.15, 0.2) is 0 Å². The van der Waals surface area contributed by atoms with Crippen LogP contribution in [0.3, 0.4) is 0 Å². The van der Waals surface area contributed by atoms with E-state index in [1.807, 2.05) is 6.92 Å². The molecular weight excluding hydrogens is 202 g/mol. The maximum atomic E-state index is 11.6. The summed E-state index contributed by atoms with van der Waals surface area (Å²) in [4.78, 5) is 16.4. The predicted molar refractivity (Wildman–Crippen MR) is 64.2 cm³/mol. The Bertz CT molecular complexity index is 269. The summed E-state index contributed by atoms with van der Waals surface area (Å²) in [7, 11) is 3.92. The van der Waals surface area contributed by atoms with Gasteiger partial charge in [-0.05, 0) is 38.8 Å². The first-order valence-corrected chi connectivity index (χ1v) is 6.26. The molecule has 4 heteroatoms. The number of carbonyl (C=O) groups is 1. The molecule has 4 nitrogen and oxygen atoms in total. The van der Waals surface area contributed by atoms with Gasteiger partial charge in [0.2, 0.25) is 5.91 Å². The lowest BCUT2D eigenvalue weighted by Gasteiger charge is -2.37. The number of nitrogens with zero attached hydrogens (tertiary/aromatic N) is 2. The van der Waals surface area contributed by atoms with E-state index in [-0.39, 0.29) is 11.9 Å². The highest BCUT2D eigenvalue weighted by Crippen LogP contribution is 2.30. The van der Waals surface area contributed by atoms with Crippen LogP contribution in [0.4, 0.5) is 0 Å². The molecule has 16 heavy (non-hydrogen) atoms. The van der Waals surface area contributed by atoms with Crippen molar-refractivity contribution in [3.05, 3.63) is 0 Å². The summed E-state index contributed by atoms with van der Waals surface area (Å²) < 4.78 is 0. The molecule has 92 valence electrons. The molecule has 0 saturated carbocycles. The second kappa shape index (κ2) is 4.72. The molecule has 0 bridgehead atoms. The molecule has 0 aromatic carbocycles. The Morgan fingerprint density at radius 3 is 2.69 bits per heavy atom. The number of rotatable bonds is 2. The van der Waals surface area contributed by atoms with Crippen LogP contribution in [0.2, 0.25) is 0 Å². The molecule has 0 spiro atoms. The summed E-state index contributed by atoms with van der Waals surface area (Å²) in [6, 6.07) is 0.0249. The molecule has 2 heterocycles. The monoisotopic (exact) mass is 225 g/mol. The maximum absolute atomic E-state index is 11.6. The quantitative estimate of drug-likeness (QED) is 0.719. The maximum Gasteiger partial charge on any atom is 0.236 e. The molecule has 3 unspecified atom stereocenters. The number of likely N-dealkylation sites (N-methyl/N-ethyl adjacent to an activating group) is 1. The molecule has 1 amide bonds. The Kier molecular flexibility index (Phi) is 3.50. The highest BCUT2D eigenvalue weighted by atomic mass is 16.2. The van der Waals surface area contributed by atoms with Crippen molar-refractivity contribution in [2.24, 2.45) is 11.8 Å². The van der Waals surface area contributed by atoms with E-state index in [1.54, 1.807) is 7.05 Å². The molecule has 0 radical (unpaired) electrons. The third kappa shape index (κ3) is 2.23. The number of nitrogens with one attached hydrogen (secondary N) is 1. The Morgan fingerprint density at radius 1 is 1.31 bits per heavy atom. The molecule has 2 saturated heterocycles. The first-order chi connectivity index (χ1) is 7.61. The lowest BCUT2D eigenvalue weighted by molar-refractivity contribution is -0.126. The van der Waals surface area contributed by atoms with Gasteiger partial charge in [-0.1, -0.05) is 0 Å². The van der Waals surface area contributed by atoms with E-state index in [4.69, 9.17) is 0 Å². The van der Waals surface area contributed by atoms with Crippen molar-refractivity contribution in [2.75, 3.05) is 40.3 Å². The lowest BCUT2D eigenvalue weighted by Crippen LogP contribution is -2.50. The fourth-order valence-corrected chi connectivity index (χ4v) is 3.16. The van der Waals surface area contributed by atoms with Gasteiger partial charge in [0.1, 0.15) is 0 Å². The van der Waals surface area contributed by atoms with Crippen molar-refractivity contribution in [3.63, 3.8) is 0 Å². The van der Waals surface area contributed by atoms with Crippen LogP contribution in [-0.2, 0) is 4.79 Å². The fraction of sp³-hybridized carbons (Fsp3) is 0.917. The van der Waals surface area contributed by atoms with Crippen molar-refractivity contribution in [3.8, 4) is 0 Å². The topological polar surface area (TPSA) is 35.6 Å². The first-order valence-electron chi connectivity index (χ1n) is 6.26. The Hall–Kier alpha value is -0.610. The van der Waals surface area contributed by atoms with Crippen LogP contribution in [0.5, 0.6) is 0 Å². The van der Waals surface area contributed by atoms with Crippen molar-refractivity contribution in [1.29, 1.82) is 0 Å². The van der Waals surface area contributed by atoms with Gasteiger partial charge in [-0.15, -0.1) is 0 Å². The standard InChI is InChI=1S/C12H23N3O/c1-9(12(16)13-2)15-5-4-10-6-14(3)7-11(10)8-15/h9-11H,4-8H2,1-3H3,(H,13,16). The van der Waals surface area contributed by atoms with Gasteiger partial charge < -0.3 is 10.2 Å². The second-order valence-electron chi connectivity index (χ2n) is 5.32. The summed E-state index contributed by atoms with van der Waals surface area (Å²) in [5, 5.41) is 2.74. The van der Waals surface area contributed by atoms with E-state index in [9.17, 15) is 4.79 Å². The Labute approximate surface area is 98.0 Å². The van der Waals surface area contributed by atoms with Crippen molar-refractivity contribution in [2.45, 2.75) is 19.4 Å². The Balaban J connectivity index is 1.93. The van der Waals surface area contributed by atoms with Crippen LogP contribution >= 0.6 is 0 Å². The van der Waals surface area contributed by atoms with E-state index in [0.717, 1.165) is 24.9 Å². The van der Waals surface area contributed by atoms with E-state index in [1.165, 1.54) is 19.5 Å². The number of fused-ring (bicyclic) bond motifs is 1. The van der Waals surface area contributed by atoms with E-state index in [0.29, 0.717) is 0 Å². The van der Waals surface area contributed by atoms with Gasteiger partial charge in [-0.25, -0.2) is 0 Å². The molecular formula is C12H23N3O. The van der Waals surface area contributed by atoms with Crippen LogP contribution < -0.4 is 5.32 Å². The molecule has 2 rings (SSSR count). The summed E-state index contributed by atoms with van der Waals surface area (Å²) in [5.74, 6) is 1.77. The number of likely N-dealkylation sites (tertiary alicyclic amines) is 2. The molecule has 2 fully saturated rings. The summed E-state index contributed by atoms with van der Waals surface area (Å²) >= 11 is 0. The molecule has 3 atom stereocenters. The minimum atomic E-state index is 0.0249. The number of piperidine rings is 1. The third-order valence-electron chi connectivity index (χ3n) is 4.19. The Morgan fingerprint density at radius 2 is 2.00 bits per heavy atom. The zero-order valence-corrected chi connectivity index (χ0v) is 10.6. The largest absolute Gasteiger partial charge is 0.358 e. The predicted octanol–water partition coefficient (Wildman–Crippen LogP) is 0.00440. The number of hydrogen-bond donors (Lipinski definition) is 1. The lowest BCUT2D eigenvalue weighted by atomic mass is 9.88. The van der Waals surface area contributed by atoms with Crippen LogP contribution in [0, 0.1) is 11.8 Å². The minimum Gasteiger partial charge on any atom is -0.358 e. The smallest absolute Gasteiger partial charge is 0.236 e. The van der Waals surface area contributed by atoms with Crippen LogP contribution in [0.15, 0.2) is 0 Å². The molecule has 0 aromatic rings. The average Bonchev–Trinajstić information content (AvgIpc) is 2.65. The van der Waals surface area contributed by atoms with E-state index in [2.05, 4.69) is 22.2 Å². The third-order valence-corrected chi connectivity index (χ3v) is 4.19. The molecule has 1 N–H and O–H groups in total. The average molecular weight is 225 g/mol. The van der Waals surface area contributed by atoms with Crippen molar-refractivity contribution < 1.29 is 4.79 Å². The van der Waals surface area contributed by atoms with E-state index < -0.39 is 0 Å². The molecule has 0 aromatic heterocycles. The van der Waals surface area contributed by atoms with Gasteiger partial charge in [-0.2, -0.15) is 0 Å².